The molecule has 3 aromatic rings. The quantitative estimate of drug-likeness (QED) is 0.483. The molecule has 0 bridgehead atoms. The summed E-state index contributed by atoms with van der Waals surface area (Å²) in [5.41, 5.74) is 2.25. The van der Waals surface area contributed by atoms with E-state index in [0.29, 0.717) is 17.3 Å². The number of benzene rings is 3. The molecule has 33 heavy (non-hydrogen) atoms. The van der Waals surface area contributed by atoms with Crippen molar-refractivity contribution in [2.45, 2.75) is 19.9 Å². The Morgan fingerprint density at radius 1 is 0.758 bits per heavy atom. The van der Waals surface area contributed by atoms with E-state index in [2.05, 4.69) is 10.6 Å². The summed E-state index contributed by atoms with van der Waals surface area (Å²) in [5.74, 6) is -4.15. The molecular weight excluding hydrogens is 430 g/mol. The van der Waals surface area contributed by atoms with Crippen molar-refractivity contribution < 1.29 is 28.3 Å². The lowest BCUT2D eigenvalue weighted by Gasteiger charge is -2.18. The van der Waals surface area contributed by atoms with Crippen molar-refractivity contribution >= 4 is 23.5 Å². The number of hydrogen-bond donors (Lipinski definition) is 3. The van der Waals surface area contributed by atoms with Crippen LogP contribution >= 0.6 is 0 Å². The van der Waals surface area contributed by atoms with E-state index in [0.717, 1.165) is 23.3 Å². The molecule has 3 aromatic carbocycles. The zero-order valence-corrected chi connectivity index (χ0v) is 17.9. The van der Waals surface area contributed by atoms with E-state index in [1.807, 2.05) is 0 Å². The molecule has 170 valence electrons. The number of rotatable bonds is 7. The van der Waals surface area contributed by atoms with Gasteiger partial charge in [-0.05, 0) is 53.4 Å². The van der Waals surface area contributed by atoms with E-state index in [-0.39, 0.29) is 11.5 Å². The molecule has 3 N–H and O–H groups in total. The fourth-order valence-electron chi connectivity index (χ4n) is 3.19. The van der Waals surface area contributed by atoms with Crippen LogP contribution in [0.4, 0.5) is 14.5 Å². The van der Waals surface area contributed by atoms with Crippen LogP contribution in [0.15, 0.2) is 66.7 Å². The summed E-state index contributed by atoms with van der Waals surface area (Å²) in [7, 11) is 0. The molecule has 6 nitrogen and oxygen atoms in total. The van der Waals surface area contributed by atoms with Gasteiger partial charge in [0.05, 0.1) is 0 Å². The highest BCUT2D eigenvalue weighted by Crippen LogP contribution is 2.22. The van der Waals surface area contributed by atoms with Gasteiger partial charge in [0.25, 0.3) is 11.8 Å². The van der Waals surface area contributed by atoms with Gasteiger partial charge in [0.2, 0.25) is 0 Å². The molecule has 0 aliphatic heterocycles. The number of carbonyl (C=O) groups is 3. The first-order valence-electron chi connectivity index (χ1n) is 10.2. The highest BCUT2D eigenvalue weighted by Gasteiger charge is 2.23. The molecular formula is C25H22F2N2O4. The van der Waals surface area contributed by atoms with Crippen LogP contribution < -0.4 is 10.6 Å². The Morgan fingerprint density at radius 2 is 1.27 bits per heavy atom. The third-order valence-electron chi connectivity index (χ3n) is 4.97. The molecule has 0 radical (unpaired) electrons. The number of halogens is 2. The average Bonchev–Trinajstić information content (AvgIpc) is 2.77. The third-order valence-corrected chi connectivity index (χ3v) is 4.97. The van der Waals surface area contributed by atoms with E-state index < -0.39 is 35.5 Å². The van der Waals surface area contributed by atoms with E-state index >= 15 is 0 Å². The van der Waals surface area contributed by atoms with Crippen molar-refractivity contribution in [3.63, 3.8) is 0 Å². The van der Waals surface area contributed by atoms with Crippen LogP contribution in [0.1, 0.15) is 34.6 Å². The molecule has 0 aromatic heterocycles. The number of carboxylic acid groups (broad SMARTS) is 1. The number of nitrogens with one attached hydrogen (secondary N) is 2. The Labute approximate surface area is 189 Å². The van der Waals surface area contributed by atoms with Gasteiger partial charge in [-0.3, -0.25) is 9.59 Å². The molecule has 2 amide bonds. The van der Waals surface area contributed by atoms with Gasteiger partial charge in [-0.1, -0.05) is 38.1 Å². The molecule has 0 aliphatic carbocycles. The summed E-state index contributed by atoms with van der Waals surface area (Å²) in [6.45, 7) is 3.43. The summed E-state index contributed by atoms with van der Waals surface area (Å²) in [4.78, 5) is 35.9. The zero-order chi connectivity index (χ0) is 24.1. The summed E-state index contributed by atoms with van der Waals surface area (Å²) in [6.07, 6.45) is 0. The molecule has 0 fully saturated rings. The van der Waals surface area contributed by atoms with Gasteiger partial charge < -0.3 is 15.7 Å². The lowest BCUT2D eigenvalue weighted by molar-refractivity contribution is -0.140. The van der Waals surface area contributed by atoms with Gasteiger partial charge >= 0.3 is 5.97 Å². The van der Waals surface area contributed by atoms with Gasteiger partial charge in [0, 0.05) is 22.9 Å². The normalized spacial score (nSPS) is 11.7. The lowest BCUT2D eigenvalue weighted by atomic mass is 10.0. The minimum absolute atomic E-state index is 0.131. The summed E-state index contributed by atoms with van der Waals surface area (Å²) >= 11 is 0. The van der Waals surface area contributed by atoms with E-state index in [1.54, 1.807) is 62.4 Å². The van der Waals surface area contributed by atoms with Crippen molar-refractivity contribution in [2.75, 3.05) is 5.32 Å². The van der Waals surface area contributed by atoms with Crippen LogP contribution in [-0.4, -0.2) is 28.9 Å². The predicted octanol–water partition coefficient (Wildman–Crippen LogP) is 4.72. The average molecular weight is 452 g/mol. The SMILES string of the molecule is CC(C)[C@@H](NC(=O)c1ccc(-c2ccc(NC(=O)c3cc(F)cc(F)c3)cc2)cc1)C(=O)O. The number of hydrogen-bond acceptors (Lipinski definition) is 3. The Balaban J connectivity index is 1.67. The van der Waals surface area contributed by atoms with Crippen LogP contribution in [-0.2, 0) is 4.79 Å². The first-order chi connectivity index (χ1) is 15.6. The second-order valence-corrected chi connectivity index (χ2v) is 7.80. The monoisotopic (exact) mass is 452 g/mol. The molecule has 0 saturated carbocycles. The second-order valence-electron chi connectivity index (χ2n) is 7.80. The first kappa shape index (κ1) is 23.6. The van der Waals surface area contributed by atoms with Gasteiger partial charge in [0.15, 0.2) is 0 Å². The largest absolute Gasteiger partial charge is 0.480 e. The third kappa shape index (κ3) is 6.00. The Hall–Kier alpha value is -4.07. The Bertz CT molecular complexity index is 1160. The maximum atomic E-state index is 13.3. The van der Waals surface area contributed by atoms with Gasteiger partial charge in [-0.15, -0.1) is 0 Å². The standard InChI is InChI=1S/C25H22F2N2O4/c1-14(2)22(25(32)33)29-23(30)17-5-3-15(4-6-17)16-7-9-21(10-8-16)28-24(31)18-11-19(26)13-20(27)12-18/h3-14,22H,1-2H3,(H,28,31)(H,29,30)(H,32,33)/t22-/m1/s1. The van der Waals surface area contributed by atoms with Crippen LogP contribution in [0.2, 0.25) is 0 Å². The van der Waals surface area contributed by atoms with Gasteiger partial charge in [-0.25, -0.2) is 13.6 Å². The van der Waals surface area contributed by atoms with Crippen molar-refractivity contribution in [3.05, 3.63) is 89.5 Å². The second kappa shape index (κ2) is 10.0. The Kier molecular flexibility index (Phi) is 7.17. The zero-order valence-electron chi connectivity index (χ0n) is 17.9. The smallest absolute Gasteiger partial charge is 0.326 e. The lowest BCUT2D eigenvalue weighted by Crippen LogP contribution is -2.44. The first-order valence-corrected chi connectivity index (χ1v) is 10.2. The van der Waals surface area contributed by atoms with Crippen LogP contribution in [0, 0.1) is 17.6 Å². The number of carbonyl (C=O) groups excluding carboxylic acids is 2. The molecule has 8 heteroatoms. The molecule has 0 spiro atoms. The van der Waals surface area contributed by atoms with E-state index in [1.165, 1.54) is 0 Å². The molecule has 0 heterocycles. The fourth-order valence-corrected chi connectivity index (χ4v) is 3.19. The van der Waals surface area contributed by atoms with Gasteiger partial charge in [-0.2, -0.15) is 0 Å². The maximum Gasteiger partial charge on any atom is 0.326 e. The predicted molar refractivity (Wildman–Crippen MR) is 120 cm³/mol. The van der Waals surface area contributed by atoms with E-state index in [9.17, 15) is 28.3 Å². The number of aliphatic carboxylic acids is 1. The molecule has 1 atom stereocenters. The van der Waals surface area contributed by atoms with Crippen molar-refractivity contribution in [1.29, 1.82) is 0 Å². The topological polar surface area (TPSA) is 95.5 Å². The molecule has 0 saturated heterocycles. The van der Waals surface area contributed by atoms with Crippen LogP contribution in [0.25, 0.3) is 11.1 Å². The van der Waals surface area contributed by atoms with E-state index in [4.69, 9.17) is 0 Å². The van der Waals surface area contributed by atoms with Crippen molar-refractivity contribution in [3.8, 4) is 11.1 Å². The number of amides is 2. The highest BCUT2D eigenvalue weighted by molar-refractivity contribution is 6.04. The highest BCUT2D eigenvalue weighted by atomic mass is 19.1. The molecule has 0 aliphatic rings. The number of anilines is 1. The van der Waals surface area contributed by atoms with Crippen LogP contribution in [0.5, 0.6) is 0 Å². The summed E-state index contributed by atoms with van der Waals surface area (Å²) in [6, 6.07) is 15.0. The van der Waals surface area contributed by atoms with Gasteiger partial charge in [0.1, 0.15) is 17.7 Å². The maximum absolute atomic E-state index is 13.3. The fraction of sp³-hybridized carbons (Fsp3) is 0.160. The minimum Gasteiger partial charge on any atom is -0.480 e. The molecule has 3 rings (SSSR count). The summed E-state index contributed by atoms with van der Waals surface area (Å²) in [5, 5.41) is 14.3. The van der Waals surface area contributed by atoms with Crippen molar-refractivity contribution in [2.24, 2.45) is 5.92 Å². The molecule has 0 unspecified atom stereocenters. The number of carboxylic acids is 1. The Morgan fingerprint density at radius 3 is 1.76 bits per heavy atom. The van der Waals surface area contributed by atoms with Crippen LogP contribution in [0.3, 0.4) is 0 Å². The summed E-state index contributed by atoms with van der Waals surface area (Å²) < 4.78 is 26.6. The minimum atomic E-state index is -1.09. The van der Waals surface area contributed by atoms with Crippen molar-refractivity contribution in [1.82, 2.24) is 5.32 Å².